The van der Waals surface area contributed by atoms with Crippen LogP contribution in [0.3, 0.4) is 0 Å². The van der Waals surface area contributed by atoms with E-state index in [1.54, 1.807) is 24.4 Å². The van der Waals surface area contributed by atoms with Gasteiger partial charge in [-0.15, -0.1) is 6.42 Å². The number of imide groups is 1. The third kappa shape index (κ3) is 8.96. The number of fused-ring (bicyclic) bond motifs is 4. The molecule has 2 atom stereocenters. The molecule has 7 heterocycles. The van der Waals surface area contributed by atoms with Gasteiger partial charge in [-0.25, -0.2) is 13.6 Å². The number of rotatable bonds is 11. The molecule has 9 aliphatic rings. The van der Waals surface area contributed by atoms with Crippen LogP contribution in [0.4, 0.5) is 25.1 Å². The van der Waals surface area contributed by atoms with Crippen molar-refractivity contribution in [3.8, 4) is 35.4 Å². The maximum absolute atomic E-state index is 17.1. The number of aromatic hydroxyl groups is 1. The molecule has 4 amide bonds. The van der Waals surface area contributed by atoms with E-state index in [1.807, 2.05) is 4.90 Å². The number of carbonyl (C=O) groups is 3. The lowest BCUT2D eigenvalue weighted by Crippen LogP contribution is -2.68. The number of phenolic OH excluding ortho intramolecular Hbond substituents is 1. The van der Waals surface area contributed by atoms with E-state index in [2.05, 4.69) is 36.2 Å². The van der Waals surface area contributed by atoms with Gasteiger partial charge < -0.3 is 34.8 Å². The Balaban J connectivity index is 0.597. The summed E-state index contributed by atoms with van der Waals surface area (Å²) in [6.07, 6.45) is 19.8. The molecule has 1 spiro atoms. The van der Waals surface area contributed by atoms with Crippen LogP contribution in [0, 0.1) is 46.1 Å². The summed E-state index contributed by atoms with van der Waals surface area (Å²) < 4.78 is 38.7. The Morgan fingerprint density at radius 1 is 0.882 bits per heavy atom. The van der Waals surface area contributed by atoms with Crippen molar-refractivity contribution in [1.29, 1.82) is 0 Å². The van der Waals surface area contributed by atoms with Crippen molar-refractivity contribution < 1.29 is 33.0 Å². The number of anilines is 2. The first-order valence-electron chi connectivity index (χ1n) is 27.3. The van der Waals surface area contributed by atoms with Gasteiger partial charge >= 0.3 is 12.0 Å². The number of nitrogens with zero attached hydrogens (tertiary/aromatic N) is 8. The van der Waals surface area contributed by atoms with Gasteiger partial charge in [0.1, 0.15) is 28.6 Å². The Morgan fingerprint density at radius 3 is 2.34 bits per heavy atom. The highest BCUT2D eigenvalue weighted by Crippen LogP contribution is 2.73. The third-order valence-corrected chi connectivity index (χ3v) is 19.0. The molecule has 3 aromatic carbocycles. The van der Waals surface area contributed by atoms with Crippen molar-refractivity contribution in [3.63, 3.8) is 0 Å². The summed E-state index contributed by atoms with van der Waals surface area (Å²) in [6.45, 7) is 10.1. The van der Waals surface area contributed by atoms with Crippen molar-refractivity contribution >= 4 is 62.6 Å². The van der Waals surface area contributed by atoms with Crippen LogP contribution in [0.15, 0.2) is 48.7 Å². The largest absolute Gasteiger partial charge is 0.508 e. The molecule has 4 aliphatic carbocycles. The summed E-state index contributed by atoms with van der Waals surface area (Å²) in [5.74, 6) is 1.87. The minimum atomic E-state index is -0.718. The summed E-state index contributed by atoms with van der Waals surface area (Å²) >= 11 is 6.46. The first kappa shape index (κ1) is 49.4. The van der Waals surface area contributed by atoms with E-state index in [1.165, 1.54) is 54.8 Å². The fraction of sp³-hybridized carbons (Fsp3) is 0.517. The molecule has 4 saturated carbocycles. The normalized spacial score (nSPS) is 26.6. The van der Waals surface area contributed by atoms with E-state index in [9.17, 15) is 19.5 Å². The Kier molecular flexibility index (Phi) is 12.4. The molecule has 9 fully saturated rings. The second kappa shape index (κ2) is 19.1. The number of carbonyl (C=O) groups excluding carboxylic acids is 3. The van der Waals surface area contributed by atoms with Gasteiger partial charge in [0.2, 0.25) is 5.91 Å². The molecule has 2 aromatic heterocycles. The second-order valence-electron chi connectivity index (χ2n) is 23.8. The zero-order valence-electron chi connectivity index (χ0n) is 42.7. The second-order valence-corrected chi connectivity index (χ2v) is 24.2. The van der Waals surface area contributed by atoms with Crippen LogP contribution in [0.25, 0.3) is 32.9 Å². The van der Waals surface area contributed by atoms with Crippen LogP contribution < -0.4 is 25.2 Å². The van der Waals surface area contributed by atoms with E-state index in [0.29, 0.717) is 81.4 Å². The van der Waals surface area contributed by atoms with Gasteiger partial charge in [-0.05, 0) is 129 Å². The highest BCUT2D eigenvalue weighted by atomic mass is 35.5. The first-order valence-corrected chi connectivity index (χ1v) is 27.7. The van der Waals surface area contributed by atoms with E-state index in [-0.39, 0.29) is 69.7 Å². The Bertz CT molecular complexity index is 3200. The topological polar surface area (TPSA) is 160 Å². The number of pyridine rings is 1. The van der Waals surface area contributed by atoms with Gasteiger partial charge in [-0.3, -0.25) is 24.8 Å². The highest BCUT2D eigenvalue weighted by Gasteiger charge is 2.68. The average Bonchev–Trinajstić information content (AvgIpc) is 3.58. The van der Waals surface area contributed by atoms with Crippen molar-refractivity contribution in [3.05, 3.63) is 76.4 Å². The summed E-state index contributed by atoms with van der Waals surface area (Å²) in [6, 6.07) is 10.9. The van der Waals surface area contributed by atoms with Crippen molar-refractivity contribution in [1.82, 2.24) is 40.3 Å². The molecule has 5 aliphatic heterocycles. The van der Waals surface area contributed by atoms with Crippen LogP contribution in [-0.4, -0.2) is 143 Å². The lowest BCUT2D eigenvalue weighted by molar-refractivity contribution is -0.229. The van der Waals surface area contributed by atoms with Gasteiger partial charge in [-0.1, -0.05) is 23.6 Å². The van der Waals surface area contributed by atoms with Gasteiger partial charge in [0.25, 0.3) is 5.91 Å². The molecular formula is C58H63ClF2N10O5. The quantitative estimate of drug-likeness (QED) is 0.109. The molecule has 3 N–H and O–H groups in total. The SMILES string of the molecule is C#Cc1c(F)ccc2cc(O)cc(-c3ncc4c(N5CC6CCC(C5)N6)nc(OCC56CC(CN7CCN(CC8CCC9(CC8)CCN(C(=O)c8ccc(Cl)c(N%10CCC(=O)NC%10=O)c8)CC9)CC7)(C5)C6)nc4c3F)c12. The van der Waals surface area contributed by atoms with E-state index >= 15 is 8.78 Å². The van der Waals surface area contributed by atoms with Crippen LogP contribution in [0.2, 0.25) is 5.02 Å². The maximum atomic E-state index is 17.1. The fourth-order valence-electron chi connectivity index (χ4n) is 15.0. The number of likely N-dealkylation sites (tertiary alicyclic amines) is 1. The number of hydrogen-bond acceptors (Lipinski definition) is 12. The number of aromatic nitrogens is 3. The molecule has 4 bridgehead atoms. The third-order valence-electron chi connectivity index (χ3n) is 18.7. The van der Waals surface area contributed by atoms with Gasteiger partial charge in [0.05, 0.1) is 28.3 Å². The molecule has 5 aromatic rings. The maximum Gasteiger partial charge on any atom is 0.328 e. The summed E-state index contributed by atoms with van der Waals surface area (Å²) in [5.41, 5.74) is 1.69. The lowest BCUT2D eigenvalue weighted by atomic mass is 9.35. The molecule has 15 nitrogen and oxygen atoms in total. The van der Waals surface area contributed by atoms with E-state index in [0.717, 1.165) is 97.3 Å². The smallest absolute Gasteiger partial charge is 0.328 e. The monoisotopic (exact) mass is 1050 g/mol. The minimum Gasteiger partial charge on any atom is -0.508 e. The highest BCUT2D eigenvalue weighted by molar-refractivity contribution is 6.34. The van der Waals surface area contributed by atoms with Crippen molar-refractivity contribution in [2.45, 2.75) is 89.1 Å². The standard InChI is InChI=1S/C58H63ClF2N10O5/c1-2-41-45(60)8-4-36-23-40(72)25-42(48(36)41)50-49(61)51-43(26-62-50)52(70-28-38-5-6-39(29-70)63-38)66-54(65-51)76-34-58-30-57(31-58,32-58)33-68-21-19-67(20-22-68)27-35-9-12-56(13-10-35)14-17-69(18-15-56)53(74)37-3-7-44(59)46(24-37)71-16-11-47(73)64-55(71)75/h1,3-4,7-8,23-26,35,38-39,63,72H,5-6,9-22,27-34H2,(H,64,73,75). The number of terminal acetylenes is 1. The van der Waals surface area contributed by atoms with Gasteiger partial charge in [0, 0.05) is 119 Å². The van der Waals surface area contributed by atoms with Crippen LogP contribution in [0.1, 0.15) is 93.0 Å². The van der Waals surface area contributed by atoms with Crippen LogP contribution in [0.5, 0.6) is 11.8 Å². The summed E-state index contributed by atoms with van der Waals surface area (Å²) in [5, 5.41) is 18.3. The molecule has 5 saturated heterocycles. The molecular weight excluding hydrogens is 990 g/mol. The van der Waals surface area contributed by atoms with Crippen LogP contribution in [-0.2, 0) is 4.79 Å². The van der Waals surface area contributed by atoms with E-state index < -0.39 is 17.7 Å². The van der Waals surface area contributed by atoms with Crippen LogP contribution >= 0.6 is 11.6 Å². The number of piperidine rings is 1. The Hall–Kier alpha value is -6.19. The number of ether oxygens (including phenoxy) is 1. The fourth-order valence-corrected chi connectivity index (χ4v) is 15.2. The molecule has 14 rings (SSSR count). The van der Waals surface area contributed by atoms with Crippen molar-refractivity contribution in [2.24, 2.45) is 22.2 Å². The van der Waals surface area contributed by atoms with Gasteiger partial charge in [0.15, 0.2) is 5.82 Å². The zero-order chi connectivity index (χ0) is 52.1. The number of amides is 4. The van der Waals surface area contributed by atoms with E-state index in [4.69, 9.17) is 32.7 Å². The van der Waals surface area contributed by atoms with Gasteiger partial charge in [-0.2, -0.15) is 9.97 Å². The number of piperazine rings is 2. The number of nitrogens with one attached hydrogen (secondary N) is 2. The Morgan fingerprint density at radius 2 is 1.62 bits per heavy atom. The molecule has 18 heteroatoms. The lowest BCUT2D eigenvalue weighted by Gasteiger charge is -2.71. The molecule has 0 radical (unpaired) electrons. The van der Waals surface area contributed by atoms with Crippen molar-refractivity contribution in [2.75, 3.05) is 88.4 Å². The average molecular weight is 1050 g/mol. The summed E-state index contributed by atoms with van der Waals surface area (Å²) in [4.78, 5) is 63.1. The molecule has 2 unspecified atom stereocenters. The minimum absolute atomic E-state index is 0.0325. The summed E-state index contributed by atoms with van der Waals surface area (Å²) in [7, 11) is 0. The predicted molar refractivity (Wildman–Crippen MR) is 286 cm³/mol. The number of halogens is 3. The number of hydrogen-bond donors (Lipinski definition) is 3. The Labute approximate surface area is 445 Å². The predicted octanol–water partition coefficient (Wildman–Crippen LogP) is 8.13. The zero-order valence-corrected chi connectivity index (χ0v) is 43.4. The number of phenols is 1. The first-order chi connectivity index (χ1) is 36.7. The number of urea groups is 1. The molecule has 76 heavy (non-hydrogen) atoms. The number of benzene rings is 3. The molecule has 396 valence electrons.